The minimum absolute atomic E-state index is 0.0775. The van der Waals surface area contributed by atoms with E-state index in [2.05, 4.69) is 10.3 Å². The Morgan fingerprint density at radius 1 is 1.53 bits per heavy atom. The highest BCUT2D eigenvalue weighted by molar-refractivity contribution is 7.11. The second-order valence-electron chi connectivity index (χ2n) is 4.33. The van der Waals surface area contributed by atoms with E-state index in [1.54, 1.807) is 23.5 Å². The maximum atomic E-state index is 13.7. The lowest BCUT2D eigenvalue weighted by atomic mass is 10.1. The summed E-state index contributed by atoms with van der Waals surface area (Å²) in [7, 11) is 0. The molecular weight excluding hydrogens is 261 g/mol. The van der Waals surface area contributed by atoms with E-state index >= 15 is 0 Å². The third-order valence-corrected chi connectivity index (χ3v) is 3.89. The molecular formula is C14H14FN3S. The van der Waals surface area contributed by atoms with E-state index < -0.39 is 0 Å². The summed E-state index contributed by atoms with van der Waals surface area (Å²) < 4.78 is 13.7. The van der Waals surface area contributed by atoms with Crippen molar-refractivity contribution < 1.29 is 4.39 Å². The first-order valence-electron chi connectivity index (χ1n) is 5.94. The molecule has 1 heterocycles. The molecule has 0 aliphatic carbocycles. The van der Waals surface area contributed by atoms with E-state index in [0.717, 1.165) is 9.88 Å². The number of hydrogen-bond acceptors (Lipinski definition) is 4. The number of rotatable bonds is 4. The van der Waals surface area contributed by atoms with Crippen LogP contribution in [0.15, 0.2) is 24.4 Å². The molecule has 0 saturated heterocycles. The van der Waals surface area contributed by atoms with Crippen LogP contribution < -0.4 is 5.32 Å². The van der Waals surface area contributed by atoms with E-state index in [4.69, 9.17) is 5.26 Å². The summed E-state index contributed by atoms with van der Waals surface area (Å²) >= 11 is 1.63. The van der Waals surface area contributed by atoms with Crippen LogP contribution in [0.5, 0.6) is 0 Å². The zero-order valence-corrected chi connectivity index (χ0v) is 11.6. The Labute approximate surface area is 115 Å². The van der Waals surface area contributed by atoms with Crippen LogP contribution in [0.4, 0.5) is 4.39 Å². The lowest BCUT2D eigenvalue weighted by Gasteiger charge is -2.11. The van der Waals surface area contributed by atoms with E-state index in [-0.39, 0.29) is 11.9 Å². The van der Waals surface area contributed by atoms with Gasteiger partial charge in [0.2, 0.25) is 0 Å². The van der Waals surface area contributed by atoms with Crippen molar-refractivity contribution in [1.29, 1.82) is 5.26 Å². The second kappa shape index (κ2) is 5.91. The number of aryl methyl sites for hydroxylation is 1. The number of benzene rings is 1. The number of nitrogens with one attached hydrogen (secondary N) is 1. The quantitative estimate of drug-likeness (QED) is 0.931. The summed E-state index contributed by atoms with van der Waals surface area (Å²) in [5, 5.41) is 12.9. The van der Waals surface area contributed by atoms with Crippen LogP contribution in [0.3, 0.4) is 0 Å². The van der Waals surface area contributed by atoms with Gasteiger partial charge in [-0.2, -0.15) is 5.26 Å². The molecule has 1 aromatic carbocycles. The highest BCUT2D eigenvalue weighted by Crippen LogP contribution is 2.19. The van der Waals surface area contributed by atoms with Crippen LogP contribution in [0.2, 0.25) is 0 Å². The van der Waals surface area contributed by atoms with Crippen molar-refractivity contribution in [3.63, 3.8) is 0 Å². The lowest BCUT2D eigenvalue weighted by molar-refractivity contribution is 0.542. The zero-order valence-electron chi connectivity index (χ0n) is 10.8. The third-order valence-electron chi connectivity index (χ3n) is 2.79. The number of aromatic nitrogens is 1. The second-order valence-corrected chi connectivity index (χ2v) is 5.60. The Morgan fingerprint density at radius 3 is 2.89 bits per heavy atom. The summed E-state index contributed by atoms with van der Waals surface area (Å²) in [6.07, 6.45) is 1.83. The van der Waals surface area contributed by atoms with Crippen molar-refractivity contribution in [3.8, 4) is 6.07 Å². The summed E-state index contributed by atoms with van der Waals surface area (Å²) in [6, 6.07) is 6.52. The predicted molar refractivity (Wildman–Crippen MR) is 73.2 cm³/mol. The molecule has 19 heavy (non-hydrogen) atoms. The van der Waals surface area contributed by atoms with Gasteiger partial charge in [0.25, 0.3) is 0 Å². The molecule has 0 aliphatic heterocycles. The van der Waals surface area contributed by atoms with Crippen LogP contribution in [-0.4, -0.2) is 4.98 Å². The maximum absolute atomic E-state index is 13.7. The Morgan fingerprint density at radius 2 is 2.32 bits per heavy atom. The highest BCUT2D eigenvalue weighted by Gasteiger charge is 2.10. The minimum Gasteiger partial charge on any atom is -0.304 e. The average molecular weight is 275 g/mol. The Hall–Kier alpha value is -1.77. The number of nitrogens with zero attached hydrogens (tertiary/aromatic N) is 2. The van der Waals surface area contributed by atoms with Gasteiger partial charge >= 0.3 is 0 Å². The van der Waals surface area contributed by atoms with Crippen LogP contribution in [0.1, 0.15) is 34.0 Å². The molecule has 1 N–H and O–H groups in total. The van der Waals surface area contributed by atoms with Crippen LogP contribution in [-0.2, 0) is 6.54 Å². The van der Waals surface area contributed by atoms with Crippen molar-refractivity contribution in [2.45, 2.75) is 26.4 Å². The van der Waals surface area contributed by atoms with Crippen LogP contribution in [0.25, 0.3) is 0 Å². The van der Waals surface area contributed by atoms with Gasteiger partial charge in [-0.15, -0.1) is 11.3 Å². The van der Waals surface area contributed by atoms with Gasteiger partial charge in [0, 0.05) is 23.2 Å². The summed E-state index contributed by atoms with van der Waals surface area (Å²) in [5.41, 5.74) is 0.893. The van der Waals surface area contributed by atoms with Gasteiger partial charge < -0.3 is 5.32 Å². The topological polar surface area (TPSA) is 48.7 Å². The number of halogens is 1. The van der Waals surface area contributed by atoms with Gasteiger partial charge in [0.15, 0.2) is 0 Å². The number of thiazole rings is 1. The van der Waals surface area contributed by atoms with Gasteiger partial charge in [0.1, 0.15) is 10.8 Å². The molecule has 0 bridgehead atoms. The van der Waals surface area contributed by atoms with Gasteiger partial charge in [0.05, 0.1) is 17.7 Å². The first-order chi connectivity index (χ1) is 9.10. The SMILES string of the molecule is Cc1cnc(C(C)NCc2ccc(C#N)cc2F)s1. The van der Waals surface area contributed by atoms with E-state index in [1.165, 1.54) is 6.07 Å². The average Bonchev–Trinajstić information content (AvgIpc) is 2.83. The van der Waals surface area contributed by atoms with Crippen molar-refractivity contribution in [2.24, 2.45) is 0 Å². The molecule has 0 aliphatic rings. The van der Waals surface area contributed by atoms with E-state index in [9.17, 15) is 4.39 Å². The van der Waals surface area contributed by atoms with Crippen molar-refractivity contribution >= 4 is 11.3 Å². The number of hydrogen-bond donors (Lipinski definition) is 1. The minimum atomic E-state index is -0.353. The van der Waals surface area contributed by atoms with Gasteiger partial charge in [-0.1, -0.05) is 6.07 Å². The molecule has 0 spiro atoms. The fourth-order valence-corrected chi connectivity index (χ4v) is 2.48. The molecule has 0 radical (unpaired) electrons. The molecule has 1 aromatic heterocycles. The Balaban J connectivity index is 2.01. The molecule has 2 rings (SSSR count). The van der Waals surface area contributed by atoms with Crippen molar-refractivity contribution in [2.75, 3.05) is 0 Å². The molecule has 98 valence electrons. The molecule has 3 nitrogen and oxygen atoms in total. The first-order valence-corrected chi connectivity index (χ1v) is 6.76. The summed E-state index contributed by atoms with van der Waals surface area (Å²) in [6.45, 7) is 4.42. The monoisotopic (exact) mass is 275 g/mol. The fourth-order valence-electron chi connectivity index (χ4n) is 1.68. The van der Waals surface area contributed by atoms with Crippen LogP contribution >= 0.6 is 11.3 Å². The Bertz CT molecular complexity index is 615. The molecule has 0 amide bonds. The molecule has 1 unspecified atom stereocenters. The molecule has 0 saturated carbocycles. The maximum Gasteiger partial charge on any atom is 0.129 e. The standard InChI is InChI=1S/C14H14FN3S/c1-9-7-18-14(19-9)10(2)17-8-12-4-3-11(6-16)5-13(12)15/h3-5,7,10,17H,8H2,1-2H3. The third kappa shape index (κ3) is 3.37. The fraction of sp³-hybridized carbons (Fsp3) is 0.286. The smallest absolute Gasteiger partial charge is 0.129 e. The molecule has 2 aromatic rings. The summed E-state index contributed by atoms with van der Waals surface area (Å²) in [4.78, 5) is 5.46. The van der Waals surface area contributed by atoms with E-state index in [0.29, 0.717) is 17.7 Å². The molecule has 5 heteroatoms. The van der Waals surface area contributed by atoms with Crippen molar-refractivity contribution in [1.82, 2.24) is 10.3 Å². The molecule has 1 atom stereocenters. The molecule has 0 fully saturated rings. The highest BCUT2D eigenvalue weighted by atomic mass is 32.1. The Kier molecular flexibility index (Phi) is 4.25. The largest absolute Gasteiger partial charge is 0.304 e. The predicted octanol–water partition coefficient (Wildman–Crippen LogP) is 3.31. The van der Waals surface area contributed by atoms with Gasteiger partial charge in [-0.25, -0.2) is 9.37 Å². The summed E-state index contributed by atoms with van der Waals surface area (Å²) in [5.74, 6) is -0.353. The van der Waals surface area contributed by atoms with Gasteiger partial charge in [-0.3, -0.25) is 0 Å². The van der Waals surface area contributed by atoms with Gasteiger partial charge in [-0.05, 0) is 26.0 Å². The first kappa shape index (κ1) is 13.7. The lowest BCUT2D eigenvalue weighted by Crippen LogP contribution is -2.18. The normalized spacial score (nSPS) is 12.1. The van der Waals surface area contributed by atoms with E-state index in [1.807, 2.05) is 26.1 Å². The zero-order chi connectivity index (χ0) is 13.8. The van der Waals surface area contributed by atoms with Crippen LogP contribution in [0, 0.1) is 24.1 Å². The van der Waals surface area contributed by atoms with Crippen molar-refractivity contribution in [3.05, 3.63) is 51.2 Å². The number of nitriles is 1.